The van der Waals surface area contributed by atoms with Gasteiger partial charge in [-0.1, -0.05) is 26.0 Å². The van der Waals surface area contributed by atoms with Crippen LogP contribution in [0.15, 0.2) is 48.5 Å². The molecule has 0 spiro atoms. The van der Waals surface area contributed by atoms with Crippen LogP contribution in [0.5, 0.6) is 5.75 Å². The number of carbonyl (C=O) groups excluding carboxylic acids is 1. The highest BCUT2D eigenvalue weighted by Gasteiger charge is 2.32. The van der Waals surface area contributed by atoms with Gasteiger partial charge in [-0.2, -0.15) is 0 Å². The van der Waals surface area contributed by atoms with Crippen LogP contribution in [0, 0.1) is 5.82 Å². The number of methoxy groups -OCH3 is 1. The van der Waals surface area contributed by atoms with E-state index in [4.69, 9.17) is 4.74 Å². The monoisotopic (exact) mass is 422 g/mol. The summed E-state index contributed by atoms with van der Waals surface area (Å²) in [5.41, 5.74) is 1.14. The van der Waals surface area contributed by atoms with Crippen molar-refractivity contribution in [3.63, 3.8) is 0 Å². The number of nitrogens with zero attached hydrogens (tertiary/aromatic N) is 1. The number of anilines is 1. The van der Waals surface area contributed by atoms with Crippen molar-refractivity contribution in [2.24, 2.45) is 0 Å². The van der Waals surface area contributed by atoms with Crippen molar-refractivity contribution in [3.8, 4) is 5.75 Å². The van der Waals surface area contributed by atoms with Gasteiger partial charge in [-0.15, -0.1) is 0 Å². The molecule has 0 saturated carbocycles. The molecule has 29 heavy (non-hydrogen) atoms. The second kappa shape index (κ2) is 9.73. The summed E-state index contributed by atoms with van der Waals surface area (Å²) in [6.45, 7) is 3.67. The summed E-state index contributed by atoms with van der Waals surface area (Å²) in [5, 5.41) is 2.95. The maximum atomic E-state index is 13.3. The highest BCUT2D eigenvalue weighted by molar-refractivity contribution is 7.92. The van der Waals surface area contributed by atoms with Gasteiger partial charge in [-0.05, 0) is 54.8 Å². The summed E-state index contributed by atoms with van der Waals surface area (Å²) in [7, 11) is -2.19. The zero-order valence-electron chi connectivity index (χ0n) is 17.1. The van der Waals surface area contributed by atoms with Gasteiger partial charge < -0.3 is 10.1 Å². The van der Waals surface area contributed by atoms with Crippen molar-refractivity contribution < 1.29 is 22.3 Å². The molecule has 0 unspecified atom stereocenters. The topological polar surface area (TPSA) is 75.7 Å². The van der Waals surface area contributed by atoms with E-state index in [9.17, 15) is 17.6 Å². The van der Waals surface area contributed by atoms with E-state index in [0.717, 1.165) is 16.1 Å². The molecule has 2 aromatic carbocycles. The van der Waals surface area contributed by atoms with E-state index in [2.05, 4.69) is 5.32 Å². The quantitative estimate of drug-likeness (QED) is 0.669. The third kappa shape index (κ3) is 5.69. The molecule has 1 amide bonds. The average molecular weight is 423 g/mol. The first-order valence-corrected chi connectivity index (χ1v) is 11.2. The third-order valence-corrected chi connectivity index (χ3v) is 5.83. The first kappa shape index (κ1) is 22.7. The largest absolute Gasteiger partial charge is 0.497 e. The Kier molecular flexibility index (Phi) is 7.61. The van der Waals surface area contributed by atoms with Gasteiger partial charge in [0, 0.05) is 0 Å². The van der Waals surface area contributed by atoms with Crippen LogP contribution in [0.3, 0.4) is 0 Å². The summed E-state index contributed by atoms with van der Waals surface area (Å²) >= 11 is 0. The van der Waals surface area contributed by atoms with Gasteiger partial charge >= 0.3 is 0 Å². The van der Waals surface area contributed by atoms with Gasteiger partial charge in [0.1, 0.15) is 17.6 Å². The molecule has 8 heteroatoms. The van der Waals surface area contributed by atoms with Gasteiger partial charge in [-0.3, -0.25) is 9.10 Å². The lowest BCUT2D eigenvalue weighted by Gasteiger charge is -2.31. The number of hydrogen-bond donors (Lipinski definition) is 1. The van der Waals surface area contributed by atoms with Gasteiger partial charge in [0.2, 0.25) is 15.9 Å². The SMILES string of the molecule is CC[C@@H](NC(=O)[C@H](CC)N(c1ccc(F)cc1)S(C)(=O)=O)c1ccc(OC)cc1. The zero-order valence-corrected chi connectivity index (χ0v) is 17.9. The third-order valence-electron chi connectivity index (χ3n) is 4.65. The predicted octanol–water partition coefficient (Wildman–Crippen LogP) is 3.65. The van der Waals surface area contributed by atoms with Crippen molar-refractivity contribution in [3.05, 3.63) is 59.9 Å². The Balaban J connectivity index is 2.30. The fourth-order valence-corrected chi connectivity index (χ4v) is 4.39. The number of benzene rings is 2. The predicted molar refractivity (Wildman–Crippen MR) is 112 cm³/mol. The number of amides is 1. The number of rotatable bonds is 9. The van der Waals surface area contributed by atoms with E-state index in [0.29, 0.717) is 12.2 Å². The minimum absolute atomic E-state index is 0.244. The van der Waals surface area contributed by atoms with Crippen molar-refractivity contribution in [2.75, 3.05) is 17.7 Å². The molecular weight excluding hydrogens is 395 g/mol. The summed E-state index contributed by atoms with van der Waals surface area (Å²) in [6, 6.07) is 11.2. The van der Waals surface area contributed by atoms with Crippen LogP contribution < -0.4 is 14.4 Å². The molecule has 0 radical (unpaired) electrons. The number of ether oxygens (including phenoxy) is 1. The lowest BCUT2D eigenvalue weighted by atomic mass is 10.0. The molecule has 0 saturated heterocycles. The van der Waals surface area contributed by atoms with Crippen LogP contribution in [0.25, 0.3) is 0 Å². The number of nitrogens with one attached hydrogen (secondary N) is 1. The number of halogens is 1. The first-order chi connectivity index (χ1) is 13.7. The molecular formula is C21H27FN2O4S. The van der Waals surface area contributed by atoms with Crippen molar-refractivity contribution in [1.82, 2.24) is 5.32 Å². The lowest BCUT2D eigenvalue weighted by Crippen LogP contribution is -2.50. The fourth-order valence-electron chi connectivity index (χ4n) is 3.17. The molecule has 6 nitrogen and oxygen atoms in total. The molecule has 0 aliphatic carbocycles. The average Bonchev–Trinajstić information content (AvgIpc) is 2.70. The molecule has 0 bridgehead atoms. The Morgan fingerprint density at radius 1 is 1.07 bits per heavy atom. The maximum absolute atomic E-state index is 13.3. The van der Waals surface area contributed by atoms with Crippen LogP contribution in [0.2, 0.25) is 0 Å². The van der Waals surface area contributed by atoms with Crippen LogP contribution >= 0.6 is 0 Å². The molecule has 0 fully saturated rings. The van der Waals surface area contributed by atoms with Crippen LogP contribution in [0.1, 0.15) is 38.3 Å². The Hall–Kier alpha value is -2.61. The Bertz CT molecular complexity index is 915. The van der Waals surface area contributed by atoms with E-state index in [1.165, 1.54) is 24.3 Å². The molecule has 2 aromatic rings. The van der Waals surface area contributed by atoms with Gasteiger partial charge in [0.15, 0.2) is 0 Å². The molecule has 1 N–H and O–H groups in total. The van der Waals surface area contributed by atoms with E-state index >= 15 is 0 Å². The molecule has 158 valence electrons. The van der Waals surface area contributed by atoms with Gasteiger partial charge in [0.05, 0.1) is 25.1 Å². The Labute approximate surface area is 171 Å². The minimum atomic E-state index is -3.77. The molecule has 0 aromatic heterocycles. The molecule has 2 atom stereocenters. The summed E-state index contributed by atoms with van der Waals surface area (Å²) in [4.78, 5) is 13.1. The number of hydrogen-bond acceptors (Lipinski definition) is 4. The maximum Gasteiger partial charge on any atom is 0.244 e. The van der Waals surface area contributed by atoms with Gasteiger partial charge in [-0.25, -0.2) is 12.8 Å². The molecule has 0 aliphatic rings. The van der Waals surface area contributed by atoms with E-state index < -0.39 is 27.8 Å². The fraction of sp³-hybridized carbons (Fsp3) is 0.381. The second-order valence-corrected chi connectivity index (χ2v) is 8.56. The molecule has 0 aliphatic heterocycles. The lowest BCUT2D eigenvalue weighted by molar-refractivity contribution is -0.123. The van der Waals surface area contributed by atoms with Gasteiger partial charge in [0.25, 0.3) is 0 Å². The van der Waals surface area contributed by atoms with Crippen molar-refractivity contribution in [2.45, 2.75) is 38.8 Å². The first-order valence-electron chi connectivity index (χ1n) is 9.40. The smallest absolute Gasteiger partial charge is 0.244 e. The van der Waals surface area contributed by atoms with Crippen molar-refractivity contribution in [1.29, 1.82) is 0 Å². The summed E-state index contributed by atoms with van der Waals surface area (Å²) < 4.78 is 44.4. The standard InChI is InChI=1S/C21H27FN2O4S/c1-5-19(15-7-13-18(28-3)14-8-15)23-21(25)20(6-2)24(29(4,26)27)17-11-9-16(22)10-12-17/h7-14,19-20H,5-6H2,1-4H3,(H,23,25)/t19-,20+/m1/s1. The van der Waals surface area contributed by atoms with Crippen LogP contribution in [-0.4, -0.2) is 33.7 Å². The number of carbonyl (C=O) groups is 1. The van der Waals surface area contributed by atoms with E-state index in [1.54, 1.807) is 14.0 Å². The normalized spacial score (nSPS) is 13.4. The molecule has 2 rings (SSSR count). The summed E-state index contributed by atoms with van der Waals surface area (Å²) in [5.74, 6) is -0.184. The van der Waals surface area contributed by atoms with Crippen LogP contribution in [0.4, 0.5) is 10.1 Å². The van der Waals surface area contributed by atoms with Crippen LogP contribution in [-0.2, 0) is 14.8 Å². The minimum Gasteiger partial charge on any atom is -0.497 e. The van der Waals surface area contributed by atoms with Crippen molar-refractivity contribution >= 4 is 21.6 Å². The highest BCUT2D eigenvalue weighted by Crippen LogP contribution is 2.25. The van der Waals surface area contributed by atoms with E-state index in [-0.39, 0.29) is 18.2 Å². The molecule has 0 heterocycles. The highest BCUT2D eigenvalue weighted by atomic mass is 32.2. The Morgan fingerprint density at radius 2 is 1.66 bits per heavy atom. The zero-order chi connectivity index (χ0) is 21.6. The summed E-state index contributed by atoms with van der Waals surface area (Å²) in [6.07, 6.45) is 1.92. The second-order valence-electron chi connectivity index (χ2n) is 6.70. The van der Waals surface area contributed by atoms with E-state index in [1.807, 2.05) is 31.2 Å². The Morgan fingerprint density at radius 3 is 2.10 bits per heavy atom. The number of sulfonamides is 1.